The van der Waals surface area contributed by atoms with E-state index in [9.17, 15) is 5.11 Å². The molecule has 6 nitrogen and oxygen atoms in total. The summed E-state index contributed by atoms with van der Waals surface area (Å²) in [5.74, 6) is 1.01. The number of aromatic hydroxyl groups is 1. The van der Waals surface area contributed by atoms with Gasteiger partial charge in [-0.25, -0.2) is 0 Å². The molecular formula is C25H26N4O2. The van der Waals surface area contributed by atoms with E-state index in [1.54, 1.807) is 18.5 Å². The minimum atomic E-state index is -0.130. The Morgan fingerprint density at radius 3 is 2.55 bits per heavy atom. The number of pyridine rings is 1. The number of nitrogens with zero attached hydrogens (tertiary/aromatic N) is 4. The summed E-state index contributed by atoms with van der Waals surface area (Å²) in [5, 5.41) is 10.6. The Morgan fingerprint density at radius 2 is 1.84 bits per heavy atom. The number of aromatic nitrogens is 3. The molecule has 0 radical (unpaired) electrons. The molecule has 2 heterocycles. The molecule has 0 bridgehead atoms. The average molecular weight is 415 g/mol. The third-order valence-electron chi connectivity index (χ3n) is 5.66. The molecule has 0 fully saturated rings. The van der Waals surface area contributed by atoms with Crippen molar-refractivity contribution in [2.45, 2.75) is 33.1 Å². The van der Waals surface area contributed by atoms with Gasteiger partial charge in [0, 0.05) is 24.6 Å². The van der Waals surface area contributed by atoms with Crippen LogP contribution in [-0.2, 0) is 0 Å². The first-order valence-corrected chi connectivity index (χ1v) is 10.4. The van der Waals surface area contributed by atoms with Crippen molar-refractivity contribution in [3.8, 4) is 17.6 Å². The maximum atomic E-state index is 10.1. The van der Waals surface area contributed by atoms with E-state index in [0.717, 1.165) is 17.8 Å². The van der Waals surface area contributed by atoms with Crippen molar-refractivity contribution in [1.29, 1.82) is 0 Å². The monoisotopic (exact) mass is 414 g/mol. The third kappa shape index (κ3) is 4.28. The summed E-state index contributed by atoms with van der Waals surface area (Å²) in [6.07, 6.45) is 4.28. The normalized spacial score (nSPS) is 12.0. The molecule has 0 spiro atoms. The Bertz CT molecular complexity index is 1210. The molecule has 0 aliphatic carbocycles. The topological polar surface area (TPSA) is 71.4 Å². The highest BCUT2D eigenvalue weighted by molar-refractivity contribution is 5.82. The number of ether oxygens (including phenoxy) is 1. The Hall–Kier alpha value is -3.67. The van der Waals surface area contributed by atoms with E-state index < -0.39 is 0 Å². The third-order valence-corrected chi connectivity index (χ3v) is 5.66. The number of fused-ring (bicyclic) bond motifs is 1. The summed E-state index contributed by atoms with van der Waals surface area (Å²) in [6.45, 7) is 6.62. The molecular weight excluding hydrogens is 388 g/mol. The quantitative estimate of drug-likeness (QED) is 0.410. The minimum Gasteiger partial charge on any atom is -0.493 e. The number of hydrogen-bond donors (Lipinski definition) is 1. The Labute approximate surface area is 182 Å². The van der Waals surface area contributed by atoms with E-state index in [2.05, 4.69) is 65.9 Å². The van der Waals surface area contributed by atoms with Gasteiger partial charge in [-0.15, -0.1) is 0 Å². The molecule has 0 saturated heterocycles. The van der Waals surface area contributed by atoms with Crippen LogP contribution in [0.4, 0.5) is 11.4 Å². The van der Waals surface area contributed by atoms with Crippen LogP contribution in [-0.4, -0.2) is 27.1 Å². The highest BCUT2D eigenvalue weighted by atomic mass is 16.5. The molecule has 6 heteroatoms. The van der Waals surface area contributed by atoms with Gasteiger partial charge in [0.2, 0.25) is 5.88 Å². The van der Waals surface area contributed by atoms with E-state index in [4.69, 9.17) is 4.74 Å². The van der Waals surface area contributed by atoms with Crippen LogP contribution >= 0.6 is 0 Å². The predicted molar refractivity (Wildman–Crippen MR) is 123 cm³/mol. The lowest BCUT2D eigenvalue weighted by molar-refractivity contribution is 0.412. The number of aryl methyl sites for hydroxylation is 1. The summed E-state index contributed by atoms with van der Waals surface area (Å²) in [5.41, 5.74) is 5.34. The maximum Gasteiger partial charge on any atom is 0.325 e. The first-order valence-electron chi connectivity index (χ1n) is 10.4. The molecule has 4 rings (SSSR count). The molecule has 31 heavy (non-hydrogen) atoms. The second kappa shape index (κ2) is 8.60. The Kier molecular flexibility index (Phi) is 5.71. The largest absolute Gasteiger partial charge is 0.493 e. The van der Waals surface area contributed by atoms with Crippen LogP contribution in [0.3, 0.4) is 0 Å². The number of rotatable bonds is 6. The smallest absolute Gasteiger partial charge is 0.325 e. The molecule has 1 N–H and O–H groups in total. The van der Waals surface area contributed by atoms with Crippen LogP contribution in [0.15, 0.2) is 60.9 Å². The number of hydrogen-bond acceptors (Lipinski definition) is 6. The zero-order valence-electron chi connectivity index (χ0n) is 18.2. The number of anilines is 2. The average Bonchev–Trinajstić information content (AvgIpc) is 2.78. The van der Waals surface area contributed by atoms with Gasteiger partial charge in [-0.3, -0.25) is 4.98 Å². The van der Waals surface area contributed by atoms with Gasteiger partial charge in [-0.05, 0) is 66.8 Å². The van der Waals surface area contributed by atoms with Crippen molar-refractivity contribution >= 4 is 22.3 Å². The van der Waals surface area contributed by atoms with Crippen LogP contribution in [0.1, 0.15) is 37.3 Å². The van der Waals surface area contributed by atoms with Gasteiger partial charge in [0.05, 0.1) is 17.1 Å². The van der Waals surface area contributed by atoms with Crippen molar-refractivity contribution in [2.24, 2.45) is 0 Å². The Morgan fingerprint density at radius 1 is 1.06 bits per heavy atom. The Balaban J connectivity index is 1.53. The molecule has 0 amide bonds. The van der Waals surface area contributed by atoms with Gasteiger partial charge in [-0.1, -0.05) is 26.0 Å². The molecule has 0 saturated carbocycles. The fourth-order valence-corrected chi connectivity index (χ4v) is 3.57. The molecule has 0 aliphatic heterocycles. The first kappa shape index (κ1) is 20.6. The lowest BCUT2D eigenvalue weighted by Gasteiger charge is -2.23. The fourth-order valence-electron chi connectivity index (χ4n) is 3.57. The molecule has 158 valence electrons. The molecule has 1 unspecified atom stereocenters. The van der Waals surface area contributed by atoms with Gasteiger partial charge >= 0.3 is 6.01 Å². The zero-order chi connectivity index (χ0) is 22.0. The second-order valence-electron chi connectivity index (χ2n) is 7.73. The van der Waals surface area contributed by atoms with E-state index in [-0.39, 0.29) is 11.9 Å². The highest BCUT2D eigenvalue weighted by Crippen LogP contribution is 2.32. The van der Waals surface area contributed by atoms with Gasteiger partial charge in [0.15, 0.2) is 0 Å². The van der Waals surface area contributed by atoms with Gasteiger partial charge in [-0.2, -0.15) is 9.97 Å². The highest BCUT2D eigenvalue weighted by Gasteiger charge is 2.12. The molecule has 2 aromatic heterocycles. The summed E-state index contributed by atoms with van der Waals surface area (Å²) in [7, 11) is 2.05. The minimum absolute atomic E-state index is 0.0792. The van der Waals surface area contributed by atoms with Gasteiger partial charge in [0.25, 0.3) is 0 Å². The molecule has 0 aliphatic rings. The van der Waals surface area contributed by atoms with Crippen LogP contribution in [0.5, 0.6) is 17.6 Å². The van der Waals surface area contributed by atoms with Crippen molar-refractivity contribution in [3.05, 3.63) is 72.1 Å². The SMILES string of the molecule is CCC(C)c1ccc(N(C)c2ccc(Oc3nc(O)c4ccncc4n3)cc2)c(C)c1. The standard InChI is InChI=1S/C25H26N4O2/c1-5-16(2)18-6-11-23(17(3)14-18)29(4)19-7-9-20(10-8-19)31-25-27-22-15-26-13-12-21(22)24(30)28-25/h6-16H,5H2,1-4H3,(H,27,28,30). The number of benzene rings is 2. The first-order chi connectivity index (χ1) is 15.0. The van der Waals surface area contributed by atoms with Crippen molar-refractivity contribution in [2.75, 3.05) is 11.9 Å². The molecule has 2 aromatic carbocycles. The van der Waals surface area contributed by atoms with Crippen LogP contribution < -0.4 is 9.64 Å². The van der Waals surface area contributed by atoms with E-state index >= 15 is 0 Å². The zero-order valence-corrected chi connectivity index (χ0v) is 18.2. The summed E-state index contributed by atoms with van der Waals surface area (Å²) >= 11 is 0. The second-order valence-corrected chi connectivity index (χ2v) is 7.73. The summed E-state index contributed by atoms with van der Waals surface area (Å²) in [4.78, 5) is 14.5. The maximum absolute atomic E-state index is 10.1. The molecule has 4 aromatic rings. The van der Waals surface area contributed by atoms with Crippen molar-refractivity contribution in [3.63, 3.8) is 0 Å². The van der Waals surface area contributed by atoms with Gasteiger partial charge in [0.1, 0.15) is 5.75 Å². The van der Waals surface area contributed by atoms with E-state index in [1.807, 2.05) is 24.3 Å². The predicted octanol–water partition coefficient (Wildman–Crippen LogP) is 6.11. The fraction of sp³-hybridized carbons (Fsp3) is 0.240. The summed E-state index contributed by atoms with van der Waals surface area (Å²) < 4.78 is 5.76. The molecule has 1 atom stereocenters. The van der Waals surface area contributed by atoms with Crippen molar-refractivity contribution in [1.82, 2.24) is 15.0 Å². The van der Waals surface area contributed by atoms with E-state index in [1.165, 1.54) is 11.1 Å². The van der Waals surface area contributed by atoms with E-state index in [0.29, 0.717) is 22.6 Å². The van der Waals surface area contributed by atoms with Crippen LogP contribution in [0, 0.1) is 6.92 Å². The lowest BCUT2D eigenvalue weighted by atomic mass is 9.96. The van der Waals surface area contributed by atoms with Crippen LogP contribution in [0.2, 0.25) is 0 Å². The van der Waals surface area contributed by atoms with Crippen molar-refractivity contribution < 1.29 is 9.84 Å². The van der Waals surface area contributed by atoms with Gasteiger partial charge < -0.3 is 14.7 Å². The van der Waals surface area contributed by atoms with Crippen LogP contribution in [0.25, 0.3) is 10.9 Å². The summed E-state index contributed by atoms with van der Waals surface area (Å²) in [6, 6.07) is 16.1. The lowest BCUT2D eigenvalue weighted by Crippen LogP contribution is -2.11.